The maximum atomic E-state index is 12.3. The summed E-state index contributed by atoms with van der Waals surface area (Å²) in [4.78, 5) is 14.1. The van der Waals surface area contributed by atoms with Gasteiger partial charge in [0.1, 0.15) is 6.10 Å². The Kier molecular flexibility index (Phi) is 5.15. The van der Waals surface area contributed by atoms with Crippen molar-refractivity contribution in [2.45, 2.75) is 31.5 Å². The number of hydrogen-bond acceptors (Lipinski definition) is 5. The van der Waals surface area contributed by atoms with Gasteiger partial charge in [0.05, 0.1) is 18.8 Å². The van der Waals surface area contributed by atoms with E-state index in [1.54, 1.807) is 4.90 Å². The van der Waals surface area contributed by atoms with Crippen LogP contribution in [0.2, 0.25) is 0 Å². The molecule has 2 aliphatic heterocycles. The fourth-order valence-corrected chi connectivity index (χ4v) is 2.58. The van der Waals surface area contributed by atoms with Crippen LogP contribution in [-0.2, 0) is 19.0 Å². The topological polar surface area (TPSA) is 74.0 Å². The second-order valence-corrected chi connectivity index (χ2v) is 5.20. The Morgan fingerprint density at radius 1 is 1.26 bits per heavy atom. The summed E-state index contributed by atoms with van der Waals surface area (Å²) in [5, 5.41) is 0. The van der Waals surface area contributed by atoms with Crippen molar-refractivity contribution < 1.29 is 19.0 Å². The molecule has 2 aliphatic rings. The fourth-order valence-electron chi connectivity index (χ4n) is 2.58. The van der Waals surface area contributed by atoms with E-state index in [1.165, 1.54) is 0 Å². The molecule has 1 atom stereocenters. The summed E-state index contributed by atoms with van der Waals surface area (Å²) in [6, 6.07) is 0. The molecule has 0 saturated carbocycles. The monoisotopic (exact) mass is 272 g/mol. The minimum Gasteiger partial charge on any atom is -0.381 e. The van der Waals surface area contributed by atoms with Crippen molar-refractivity contribution in [1.82, 2.24) is 4.90 Å². The molecular weight excluding hydrogens is 248 g/mol. The highest BCUT2D eigenvalue weighted by atomic mass is 16.5. The summed E-state index contributed by atoms with van der Waals surface area (Å²) in [5.74, 6) is 0.0302. The van der Waals surface area contributed by atoms with Crippen molar-refractivity contribution >= 4 is 5.91 Å². The van der Waals surface area contributed by atoms with Crippen LogP contribution in [0.15, 0.2) is 0 Å². The Hall–Kier alpha value is -0.690. The highest BCUT2D eigenvalue weighted by Gasteiger charge is 2.36. The van der Waals surface area contributed by atoms with E-state index in [9.17, 15) is 4.79 Å². The summed E-state index contributed by atoms with van der Waals surface area (Å²) in [6.07, 6.45) is 1.05. The molecule has 19 heavy (non-hydrogen) atoms. The minimum absolute atomic E-state index is 0.0302. The van der Waals surface area contributed by atoms with Crippen molar-refractivity contribution in [3.8, 4) is 0 Å². The van der Waals surface area contributed by atoms with Gasteiger partial charge in [-0.2, -0.15) is 0 Å². The molecule has 2 heterocycles. The van der Waals surface area contributed by atoms with Crippen LogP contribution < -0.4 is 5.73 Å². The van der Waals surface area contributed by atoms with E-state index in [-0.39, 0.29) is 5.91 Å². The van der Waals surface area contributed by atoms with E-state index < -0.39 is 11.7 Å². The average Bonchev–Trinajstić information content (AvgIpc) is 2.48. The number of ether oxygens (including phenoxy) is 3. The molecule has 0 aromatic heterocycles. The fraction of sp³-hybridized carbons (Fsp3) is 0.923. The van der Waals surface area contributed by atoms with Gasteiger partial charge in [-0.05, 0) is 6.92 Å². The molecule has 2 N–H and O–H groups in total. The standard InChI is InChI=1S/C13H24N2O4/c1-11(12(16)15-4-8-18-9-5-15)19-13(10-14)2-6-17-7-3-13/h11H,2-10,14H2,1H3. The minimum atomic E-state index is -0.459. The number of carbonyl (C=O) groups excluding carboxylic acids is 1. The van der Waals surface area contributed by atoms with Gasteiger partial charge in [-0.15, -0.1) is 0 Å². The highest BCUT2D eigenvalue weighted by Crippen LogP contribution is 2.26. The molecule has 0 aromatic carbocycles. The van der Waals surface area contributed by atoms with Crippen LogP contribution >= 0.6 is 0 Å². The van der Waals surface area contributed by atoms with Gasteiger partial charge in [0.2, 0.25) is 0 Å². The third kappa shape index (κ3) is 3.66. The molecule has 2 saturated heterocycles. The second kappa shape index (κ2) is 6.65. The summed E-state index contributed by atoms with van der Waals surface area (Å²) >= 11 is 0. The Bertz CT molecular complexity index is 299. The molecule has 0 radical (unpaired) electrons. The predicted octanol–water partition coefficient (Wildman–Crippen LogP) is -0.242. The third-order valence-electron chi connectivity index (χ3n) is 3.87. The molecule has 0 aromatic rings. The van der Waals surface area contributed by atoms with E-state index in [1.807, 2.05) is 6.92 Å². The van der Waals surface area contributed by atoms with Crippen LogP contribution in [0, 0.1) is 0 Å². The lowest BCUT2D eigenvalue weighted by atomic mass is 9.94. The van der Waals surface area contributed by atoms with Crippen molar-refractivity contribution in [2.24, 2.45) is 5.73 Å². The zero-order chi connectivity index (χ0) is 13.7. The van der Waals surface area contributed by atoms with Gasteiger partial charge in [0.15, 0.2) is 0 Å². The van der Waals surface area contributed by atoms with Crippen molar-refractivity contribution in [3.05, 3.63) is 0 Å². The first-order valence-corrected chi connectivity index (χ1v) is 6.99. The molecule has 0 aliphatic carbocycles. The summed E-state index contributed by atoms with van der Waals surface area (Å²) < 4.78 is 16.6. The number of amides is 1. The molecular formula is C13H24N2O4. The number of hydrogen-bond donors (Lipinski definition) is 1. The van der Waals surface area contributed by atoms with Gasteiger partial charge >= 0.3 is 0 Å². The summed E-state index contributed by atoms with van der Waals surface area (Å²) in [5.41, 5.74) is 5.44. The van der Waals surface area contributed by atoms with Crippen LogP contribution in [0.25, 0.3) is 0 Å². The summed E-state index contributed by atoms with van der Waals surface area (Å²) in [6.45, 7) is 6.03. The molecule has 6 heteroatoms. The lowest BCUT2D eigenvalue weighted by molar-refractivity contribution is -0.169. The lowest BCUT2D eigenvalue weighted by Gasteiger charge is -2.39. The van der Waals surface area contributed by atoms with Crippen LogP contribution in [0.4, 0.5) is 0 Å². The van der Waals surface area contributed by atoms with Gasteiger partial charge in [0.25, 0.3) is 5.91 Å². The van der Waals surface area contributed by atoms with Gasteiger partial charge in [-0.25, -0.2) is 0 Å². The average molecular weight is 272 g/mol. The Morgan fingerprint density at radius 2 is 1.84 bits per heavy atom. The number of carbonyl (C=O) groups is 1. The van der Waals surface area contributed by atoms with Crippen LogP contribution in [-0.4, -0.2) is 68.6 Å². The molecule has 0 spiro atoms. The largest absolute Gasteiger partial charge is 0.381 e. The molecule has 1 amide bonds. The van der Waals surface area contributed by atoms with Crippen molar-refractivity contribution in [3.63, 3.8) is 0 Å². The smallest absolute Gasteiger partial charge is 0.251 e. The van der Waals surface area contributed by atoms with Crippen molar-refractivity contribution in [2.75, 3.05) is 46.1 Å². The first kappa shape index (κ1) is 14.7. The summed E-state index contributed by atoms with van der Waals surface area (Å²) in [7, 11) is 0. The molecule has 2 fully saturated rings. The number of nitrogens with zero attached hydrogens (tertiary/aromatic N) is 1. The molecule has 0 bridgehead atoms. The van der Waals surface area contributed by atoms with E-state index in [2.05, 4.69) is 0 Å². The van der Waals surface area contributed by atoms with Gasteiger partial charge in [-0.1, -0.05) is 0 Å². The molecule has 1 unspecified atom stereocenters. The SMILES string of the molecule is CC(OC1(CN)CCOCC1)C(=O)N1CCOCC1. The Labute approximate surface area is 114 Å². The maximum Gasteiger partial charge on any atom is 0.251 e. The molecule has 2 rings (SSSR count). The zero-order valence-electron chi connectivity index (χ0n) is 11.6. The number of nitrogens with two attached hydrogens (primary N) is 1. The van der Waals surface area contributed by atoms with E-state index >= 15 is 0 Å². The normalized spacial score (nSPS) is 25.1. The quantitative estimate of drug-likeness (QED) is 0.764. The van der Waals surface area contributed by atoms with Gasteiger partial charge in [-0.3, -0.25) is 4.79 Å². The van der Waals surface area contributed by atoms with Crippen LogP contribution in [0.3, 0.4) is 0 Å². The first-order chi connectivity index (χ1) is 9.17. The van der Waals surface area contributed by atoms with E-state index in [0.717, 1.165) is 12.8 Å². The van der Waals surface area contributed by atoms with E-state index in [0.29, 0.717) is 46.1 Å². The van der Waals surface area contributed by atoms with E-state index in [4.69, 9.17) is 19.9 Å². The lowest BCUT2D eigenvalue weighted by Crippen LogP contribution is -2.52. The Balaban J connectivity index is 1.90. The number of rotatable bonds is 4. The zero-order valence-corrected chi connectivity index (χ0v) is 11.6. The van der Waals surface area contributed by atoms with Gasteiger partial charge < -0.3 is 24.8 Å². The third-order valence-corrected chi connectivity index (χ3v) is 3.87. The maximum absolute atomic E-state index is 12.3. The first-order valence-electron chi connectivity index (χ1n) is 6.99. The van der Waals surface area contributed by atoms with Crippen LogP contribution in [0.1, 0.15) is 19.8 Å². The van der Waals surface area contributed by atoms with Gasteiger partial charge in [0, 0.05) is 45.7 Å². The number of morpholine rings is 1. The van der Waals surface area contributed by atoms with Crippen molar-refractivity contribution in [1.29, 1.82) is 0 Å². The predicted molar refractivity (Wildman–Crippen MR) is 69.8 cm³/mol. The second-order valence-electron chi connectivity index (χ2n) is 5.20. The van der Waals surface area contributed by atoms with Crippen LogP contribution in [0.5, 0.6) is 0 Å². The Morgan fingerprint density at radius 3 is 2.42 bits per heavy atom. The molecule has 110 valence electrons. The molecule has 6 nitrogen and oxygen atoms in total. The highest BCUT2D eigenvalue weighted by molar-refractivity contribution is 5.80.